The first kappa shape index (κ1) is 26.6. The number of rotatable bonds is 8. The van der Waals surface area contributed by atoms with Crippen LogP contribution in [0, 0.1) is 6.92 Å². The molecule has 0 spiro atoms. The average Bonchev–Trinajstić information content (AvgIpc) is 3.27. The molecule has 0 saturated heterocycles. The van der Waals surface area contributed by atoms with Crippen molar-refractivity contribution in [3.63, 3.8) is 0 Å². The maximum Gasteiger partial charge on any atom is 0.416 e. The number of aromatic nitrogens is 1. The summed E-state index contributed by atoms with van der Waals surface area (Å²) in [6.45, 7) is 7.92. The second-order valence-electron chi connectivity index (χ2n) is 8.88. The number of fused-ring (bicyclic) bond motifs is 1. The van der Waals surface area contributed by atoms with Crippen molar-refractivity contribution in [1.29, 1.82) is 0 Å². The van der Waals surface area contributed by atoms with Gasteiger partial charge in [-0.05, 0) is 81.8 Å². The molecule has 0 aliphatic rings. The van der Waals surface area contributed by atoms with Gasteiger partial charge in [0.2, 0.25) is 5.89 Å². The quantitative estimate of drug-likeness (QED) is 0.172. The number of aryl methyl sites for hydroxylation is 1. The van der Waals surface area contributed by atoms with Crippen molar-refractivity contribution in [2.45, 2.75) is 43.5 Å². The van der Waals surface area contributed by atoms with E-state index in [2.05, 4.69) is 18.8 Å². The van der Waals surface area contributed by atoms with E-state index in [9.17, 15) is 18.0 Å². The van der Waals surface area contributed by atoms with Crippen molar-refractivity contribution in [1.82, 2.24) is 4.98 Å². The number of thioether (sulfide) groups is 1. The molecule has 0 atom stereocenters. The zero-order valence-corrected chi connectivity index (χ0v) is 21.6. The molecule has 194 valence electrons. The Morgan fingerprint density at radius 2 is 1.78 bits per heavy atom. The molecule has 9 heteroatoms. The number of ether oxygens (including phenoxy) is 2. The van der Waals surface area contributed by atoms with E-state index in [1.165, 1.54) is 12.1 Å². The predicted molar refractivity (Wildman–Crippen MR) is 137 cm³/mol. The van der Waals surface area contributed by atoms with Crippen molar-refractivity contribution in [2.24, 2.45) is 0 Å². The van der Waals surface area contributed by atoms with E-state index < -0.39 is 22.5 Å². The van der Waals surface area contributed by atoms with Gasteiger partial charge in [0, 0.05) is 20.8 Å². The molecule has 4 rings (SSSR count). The zero-order chi connectivity index (χ0) is 26.8. The molecule has 0 unspecified atom stereocenters. The molecule has 3 aromatic carbocycles. The van der Waals surface area contributed by atoms with E-state index in [0.29, 0.717) is 29.0 Å². The van der Waals surface area contributed by atoms with Gasteiger partial charge in [-0.1, -0.05) is 12.1 Å². The summed E-state index contributed by atoms with van der Waals surface area (Å²) in [4.78, 5) is 17.1. The van der Waals surface area contributed by atoms with E-state index in [1.54, 1.807) is 18.7 Å². The smallest absolute Gasteiger partial charge is 0.416 e. The molecule has 37 heavy (non-hydrogen) atoms. The van der Waals surface area contributed by atoms with Crippen molar-refractivity contribution >= 4 is 28.8 Å². The Morgan fingerprint density at radius 3 is 2.43 bits per heavy atom. The van der Waals surface area contributed by atoms with Gasteiger partial charge in [-0.2, -0.15) is 13.2 Å². The molecule has 0 fully saturated rings. The number of benzene rings is 3. The lowest BCUT2D eigenvalue weighted by molar-refractivity contribution is -0.145. The highest BCUT2D eigenvalue weighted by atomic mass is 32.2. The third kappa shape index (κ3) is 6.10. The van der Waals surface area contributed by atoms with E-state index in [0.717, 1.165) is 28.2 Å². The minimum absolute atomic E-state index is 0.151. The van der Waals surface area contributed by atoms with Gasteiger partial charge in [0.15, 0.2) is 12.2 Å². The summed E-state index contributed by atoms with van der Waals surface area (Å²) >= 11 is 1.62. The molecule has 1 aromatic heterocycles. The lowest BCUT2D eigenvalue weighted by Crippen LogP contribution is -2.15. The van der Waals surface area contributed by atoms with Crippen LogP contribution in [0.25, 0.3) is 22.6 Å². The third-order valence-electron chi connectivity index (χ3n) is 5.69. The van der Waals surface area contributed by atoms with E-state index in [1.807, 2.05) is 43.3 Å². The minimum atomic E-state index is -4.40. The van der Waals surface area contributed by atoms with Gasteiger partial charge in [-0.3, -0.25) is 0 Å². The molecule has 0 bridgehead atoms. The van der Waals surface area contributed by atoms with Crippen LogP contribution >= 0.6 is 11.8 Å². The number of hydrogen-bond donors (Lipinski definition) is 0. The molecule has 0 aliphatic heterocycles. The first-order valence-electron chi connectivity index (χ1n) is 11.6. The second-order valence-corrected chi connectivity index (χ2v) is 10.6. The Kier molecular flexibility index (Phi) is 7.54. The van der Waals surface area contributed by atoms with Gasteiger partial charge in [0.1, 0.15) is 11.3 Å². The standard InChI is InChI=1S/C28H26F3NO4S/c1-5-34-24(33)16-35-23-14-13-20(15-17(23)2)37-27(3,4)21-7-6-8-22-25(21)36-26(32-22)18-9-11-19(12-10-18)28(29,30)31/h6-15H,5,16H2,1-4H3. The average molecular weight is 530 g/mol. The van der Waals surface area contributed by atoms with Gasteiger partial charge >= 0.3 is 12.1 Å². The lowest BCUT2D eigenvalue weighted by atomic mass is 10.0. The van der Waals surface area contributed by atoms with Crippen LogP contribution in [0.15, 0.2) is 70.0 Å². The molecule has 0 saturated carbocycles. The number of carbonyl (C=O) groups excluding carboxylic acids is 1. The molecule has 0 amide bonds. The number of oxazole rings is 1. The maximum absolute atomic E-state index is 12.9. The molecule has 4 aromatic rings. The molecule has 0 N–H and O–H groups in total. The van der Waals surface area contributed by atoms with Crippen LogP contribution in [0.5, 0.6) is 5.75 Å². The highest BCUT2D eigenvalue weighted by Crippen LogP contribution is 2.45. The summed E-state index contributed by atoms with van der Waals surface area (Å²) in [5, 5.41) is 0. The Hall–Kier alpha value is -3.46. The van der Waals surface area contributed by atoms with Crippen molar-refractivity contribution in [3.8, 4) is 17.2 Å². The molecular formula is C28H26F3NO4S. The summed E-state index contributed by atoms with van der Waals surface area (Å²) < 4.78 is 54.9. The van der Waals surface area contributed by atoms with Gasteiger partial charge < -0.3 is 13.9 Å². The fourth-order valence-electron chi connectivity index (χ4n) is 3.88. The number of hydrogen-bond acceptors (Lipinski definition) is 6. The Bertz CT molecular complexity index is 1410. The van der Waals surface area contributed by atoms with Gasteiger partial charge in [-0.15, -0.1) is 11.8 Å². The number of carbonyl (C=O) groups is 1. The Balaban J connectivity index is 1.57. The topological polar surface area (TPSA) is 61.6 Å². The van der Waals surface area contributed by atoms with Crippen molar-refractivity contribution < 1.29 is 31.9 Å². The second kappa shape index (κ2) is 10.5. The van der Waals surface area contributed by atoms with Crippen LogP contribution in [0.1, 0.15) is 37.5 Å². The predicted octanol–water partition coefficient (Wildman–Crippen LogP) is 7.79. The Labute approximate surface area is 217 Å². The molecule has 0 radical (unpaired) electrons. The monoisotopic (exact) mass is 529 g/mol. The summed E-state index contributed by atoms with van der Waals surface area (Å²) in [6.07, 6.45) is -4.40. The number of para-hydroxylation sites is 1. The van der Waals surface area contributed by atoms with Gasteiger partial charge in [0.05, 0.1) is 12.2 Å². The molecular weight excluding hydrogens is 503 g/mol. The minimum Gasteiger partial charge on any atom is -0.482 e. The SMILES string of the molecule is CCOC(=O)COc1ccc(SC(C)(C)c2cccc3nc(-c4ccc(C(F)(F)F)cc4)oc23)cc1C. The normalized spacial score (nSPS) is 12.1. The van der Waals surface area contributed by atoms with E-state index in [4.69, 9.17) is 13.9 Å². The number of halogens is 3. The van der Waals surface area contributed by atoms with Crippen LogP contribution in [0.2, 0.25) is 0 Å². The summed E-state index contributed by atoms with van der Waals surface area (Å²) in [5.74, 6) is 0.446. The fraction of sp³-hybridized carbons (Fsp3) is 0.286. The van der Waals surface area contributed by atoms with Crippen LogP contribution < -0.4 is 4.74 Å². The number of alkyl halides is 3. The van der Waals surface area contributed by atoms with Gasteiger partial charge in [0.25, 0.3) is 0 Å². The van der Waals surface area contributed by atoms with Crippen LogP contribution in [-0.2, 0) is 20.5 Å². The maximum atomic E-state index is 12.9. The summed E-state index contributed by atoms with van der Waals surface area (Å²) in [7, 11) is 0. The molecule has 0 aliphatic carbocycles. The first-order chi connectivity index (χ1) is 17.5. The lowest BCUT2D eigenvalue weighted by Gasteiger charge is -2.25. The Morgan fingerprint density at radius 1 is 1.05 bits per heavy atom. The van der Waals surface area contributed by atoms with E-state index >= 15 is 0 Å². The largest absolute Gasteiger partial charge is 0.482 e. The first-order valence-corrected chi connectivity index (χ1v) is 12.5. The van der Waals surface area contributed by atoms with Crippen LogP contribution in [0.4, 0.5) is 13.2 Å². The number of esters is 1. The molecule has 1 heterocycles. The number of nitrogens with zero attached hydrogens (tertiary/aromatic N) is 1. The zero-order valence-electron chi connectivity index (χ0n) is 20.8. The van der Waals surface area contributed by atoms with E-state index in [-0.39, 0.29) is 12.5 Å². The van der Waals surface area contributed by atoms with Crippen LogP contribution in [0.3, 0.4) is 0 Å². The van der Waals surface area contributed by atoms with Crippen molar-refractivity contribution in [2.75, 3.05) is 13.2 Å². The third-order valence-corrected chi connectivity index (χ3v) is 6.91. The highest BCUT2D eigenvalue weighted by molar-refractivity contribution is 8.00. The fourth-order valence-corrected chi connectivity index (χ4v) is 5.12. The highest BCUT2D eigenvalue weighted by Gasteiger charge is 2.31. The summed E-state index contributed by atoms with van der Waals surface area (Å²) in [6, 6.07) is 16.2. The van der Waals surface area contributed by atoms with Gasteiger partial charge in [-0.25, -0.2) is 9.78 Å². The van der Waals surface area contributed by atoms with Crippen molar-refractivity contribution in [3.05, 3.63) is 77.4 Å². The summed E-state index contributed by atoms with van der Waals surface area (Å²) in [5.41, 5.74) is 2.74. The van der Waals surface area contributed by atoms with Crippen LogP contribution in [-0.4, -0.2) is 24.2 Å². The molecule has 5 nitrogen and oxygen atoms in total.